The van der Waals surface area contributed by atoms with Gasteiger partial charge in [-0.15, -0.1) is 0 Å². The molecule has 1 unspecified atom stereocenters. The van der Waals surface area contributed by atoms with Gasteiger partial charge in [-0.2, -0.15) is 0 Å². The summed E-state index contributed by atoms with van der Waals surface area (Å²) in [6.07, 6.45) is 0. The maximum absolute atomic E-state index is 13.6. The van der Waals surface area contributed by atoms with E-state index in [1.54, 1.807) is 0 Å². The zero-order chi connectivity index (χ0) is 25.5. The molecule has 1 aliphatic rings. The first-order valence-corrected chi connectivity index (χ1v) is 13.9. The number of hydrogen-bond acceptors (Lipinski definition) is 1. The van der Waals surface area contributed by atoms with Crippen LogP contribution in [-0.4, -0.2) is 4.21 Å². The molecule has 0 aromatic heterocycles. The molecule has 1 heterocycles. The van der Waals surface area contributed by atoms with Crippen molar-refractivity contribution in [1.29, 1.82) is 0 Å². The van der Waals surface area contributed by atoms with Gasteiger partial charge in [0.25, 0.3) is 0 Å². The first-order chi connectivity index (χ1) is 18.8. The number of fused-ring (bicyclic) bond motifs is 3. The van der Waals surface area contributed by atoms with Crippen LogP contribution in [0.2, 0.25) is 0 Å². The summed E-state index contributed by atoms with van der Waals surface area (Å²) in [7, 11) is -1.20. The molecular weight excluding hydrogens is 480 g/mol. The van der Waals surface area contributed by atoms with Gasteiger partial charge in [0.1, 0.15) is 0 Å². The zero-order valence-corrected chi connectivity index (χ0v) is 21.5. The fraction of sp³-hybridized carbons (Fsp3) is 0. The van der Waals surface area contributed by atoms with Gasteiger partial charge in [0, 0.05) is 5.56 Å². The molecule has 0 spiro atoms. The summed E-state index contributed by atoms with van der Waals surface area (Å²) < 4.78 is 13.6. The summed E-state index contributed by atoms with van der Waals surface area (Å²) in [4.78, 5) is 1.80. The fourth-order valence-corrected chi connectivity index (χ4v) is 7.12. The molecule has 6 aromatic rings. The first kappa shape index (κ1) is 22.7. The van der Waals surface area contributed by atoms with Crippen LogP contribution in [0.3, 0.4) is 0 Å². The SMILES string of the molecule is O=S1c2ccccc2-c2cccc(-c3cccc(-c4c(-c5ccccc5)cccc4-c4ccccc4)c3)c21. The molecule has 1 atom stereocenters. The lowest BCUT2D eigenvalue weighted by Crippen LogP contribution is -1.93. The van der Waals surface area contributed by atoms with E-state index in [1.807, 2.05) is 18.2 Å². The van der Waals surface area contributed by atoms with E-state index in [1.165, 1.54) is 27.8 Å². The third-order valence-corrected chi connectivity index (χ3v) is 8.84. The van der Waals surface area contributed by atoms with E-state index in [4.69, 9.17) is 0 Å². The van der Waals surface area contributed by atoms with Crippen molar-refractivity contribution in [2.24, 2.45) is 0 Å². The maximum Gasteiger partial charge on any atom is 0.0868 e. The molecule has 1 aliphatic heterocycles. The zero-order valence-electron chi connectivity index (χ0n) is 20.7. The molecule has 7 rings (SSSR count). The lowest BCUT2D eigenvalue weighted by molar-refractivity contribution is 0.685. The molecular formula is C36H24OS. The number of rotatable bonds is 4. The Morgan fingerprint density at radius 1 is 0.368 bits per heavy atom. The van der Waals surface area contributed by atoms with E-state index >= 15 is 0 Å². The lowest BCUT2D eigenvalue weighted by Gasteiger charge is -2.17. The Bertz CT molecular complexity index is 1760. The lowest BCUT2D eigenvalue weighted by atomic mass is 9.86. The highest BCUT2D eigenvalue weighted by Gasteiger charge is 2.28. The Morgan fingerprint density at radius 3 is 1.53 bits per heavy atom. The summed E-state index contributed by atoms with van der Waals surface area (Å²) in [6.45, 7) is 0. The van der Waals surface area contributed by atoms with Crippen LogP contribution in [0.5, 0.6) is 0 Å². The monoisotopic (exact) mass is 504 g/mol. The molecule has 0 amide bonds. The molecule has 0 saturated carbocycles. The minimum atomic E-state index is -1.20. The maximum atomic E-state index is 13.6. The molecule has 0 bridgehead atoms. The van der Waals surface area contributed by atoms with E-state index in [2.05, 4.69) is 127 Å². The molecule has 0 N–H and O–H groups in total. The van der Waals surface area contributed by atoms with E-state index in [-0.39, 0.29) is 0 Å². The van der Waals surface area contributed by atoms with Gasteiger partial charge in [-0.25, -0.2) is 4.21 Å². The summed E-state index contributed by atoms with van der Waals surface area (Å²) in [6, 6.07) is 50.7. The molecule has 1 nitrogen and oxygen atoms in total. The third-order valence-electron chi connectivity index (χ3n) is 7.27. The van der Waals surface area contributed by atoms with Gasteiger partial charge >= 0.3 is 0 Å². The molecule has 0 aliphatic carbocycles. The van der Waals surface area contributed by atoms with Gasteiger partial charge in [-0.05, 0) is 62.2 Å². The second kappa shape index (κ2) is 9.41. The minimum Gasteiger partial charge on any atom is -0.249 e. The predicted octanol–water partition coefficient (Wildman–Crippen LogP) is 9.50. The topological polar surface area (TPSA) is 17.1 Å². The Hall–Kier alpha value is -4.53. The van der Waals surface area contributed by atoms with Crippen LogP contribution in [0, 0.1) is 0 Å². The van der Waals surface area contributed by atoms with Crippen molar-refractivity contribution >= 4 is 10.8 Å². The molecule has 0 fully saturated rings. The molecule has 180 valence electrons. The van der Waals surface area contributed by atoms with Crippen molar-refractivity contribution in [2.75, 3.05) is 0 Å². The van der Waals surface area contributed by atoms with Crippen molar-refractivity contribution in [1.82, 2.24) is 0 Å². The van der Waals surface area contributed by atoms with Crippen LogP contribution >= 0.6 is 0 Å². The molecule has 2 heteroatoms. The Labute approximate surface area is 225 Å². The summed E-state index contributed by atoms with van der Waals surface area (Å²) in [5.74, 6) is 0. The summed E-state index contributed by atoms with van der Waals surface area (Å²) >= 11 is 0. The van der Waals surface area contributed by atoms with Crippen molar-refractivity contribution in [3.05, 3.63) is 146 Å². The Morgan fingerprint density at radius 2 is 0.842 bits per heavy atom. The second-order valence-electron chi connectivity index (χ2n) is 9.49. The molecule has 0 radical (unpaired) electrons. The summed E-state index contributed by atoms with van der Waals surface area (Å²) in [5, 5.41) is 0. The molecule has 6 aromatic carbocycles. The van der Waals surface area contributed by atoms with Crippen LogP contribution in [0.15, 0.2) is 155 Å². The smallest absolute Gasteiger partial charge is 0.0868 e. The highest BCUT2D eigenvalue weighted by atomic mass is 32.2. The highest BCUT2D eigenvalue weighted by molar-refractivity contribution is 7.86. The van der Waals surface area contributed by atoms with Gasteiger partial charge < -0.3 is 0 Å². The van der Waals surface area contributed by atoms with Gasteiger partial charge in [0.05, 0.1) is 20.6 Å². The van der Waals surface area contributed by atoms with E-state index in [0.29, 0.717) is 0 Å². The number of hydrogen-bond donors (Lipinski definition) is 0. The van der Waals surface area contributed by atoms with Crippen LogP contribution < -0.4 is 0 Å². The van der Waals surface area contributed by atoms with E-state index in [0.717, 1.165) is 37.6 Å². The Balaban J connectivity index is 1.45. The quantitative estimate of drug-likeness (QED) is 0.233. The third kappa shape index (κ3) is 3.73. The molecule has 0 saturated heterocycles. The van der Waals surface area contributed by atoms with Crippen molar-refractivity contribution in [3.63, 3.8) is 0 Å². The van der Waals surface area contributed by atoms with Crippen LogP contribution in [0.4, 0.5) is 0 Å². The van der Waals surface area contributed by atoms with Crippen molar-refractivity contribution in [2.45, 2.75) is 9.79 Å². The number of benzene rings is 6. The van der Waals surface area contributed by atoms with Crippen LogP contribution in [0.25, 0.3) is 55.6 Å². The largest absolute Gasteiger partial charge is 0.249 e. The van der Waals surface area contributed by atoms with Gasteiger partial charge in [-0.3, -0.25) is 0 Å². The first-order valence-electron chi connectivity index (χ1n) is 12.8. The fourth-order valence-electron chi connectivity index (χ4n) is 5.56. The second-order valence-corrected chi connectivity index (χ2v) is 10.9. The van der Waals surface area contributed by atoms with E-state index < -0.39 is 10.8 Å². The Kier molecular flexibility index (Phi) is 5.61. The highest BCUT2D eigenvalue weighted by Crippen LogP contribution is 2.46. The van der Waals surface area contributed by atoms with E-state index in [9.17, 15) is 4.21 Å². The standard InChI is InChI=1S/C36H24OS/c37-38-34-23-8-7-18-32(34)33-22-11-21-31(36(33)38)27-16-9-17-28(24-27)35-29(25-12-3-1-4-13-25)19-10-20-30(35)26-14-5-2-6-15-26/h1-24H. The van der Waals surface area contributed by atoms with Crippen molar-refractivity contribution < 1.29 is 4.21 Å². The predicted molar refractivity (Wildman–Crippen MR) is 158 cm³/mol. The summed E-state index contributed by atoms with van der Waals surface area (Å²) in [5.41, 5.74) is 11.3. The average Bonchev–Trinajstić information content (AvgIpc) is 3.30. The van der Waals surface area contributed by atoms with Crippen LogP contribution in [0.1, 0.15) is 0 Å². The van der Waals surface area contributed by atoms with Crippen LogP contribution in [-0.2, 0) is 10.8 Å². The average molecular weight is 505 g/mol. The van der Waals surface area contributed by atoms with Gasteiger partial charge in [-0.1, -0.05) is 133 Å². The van der Waals surface area contributed by atoms with Gasteiger partial charge in [0.15, 0.2) is 0 Å². The molecule has 38 heavy (non-hydrogen) atoms. The van der Waals surface area contributed by atoms with Gasteiger partial charge in [0.2, 0.25) is 0 Å². The normalized spacial score (nSPS) is 13.6. The van der Waals surface area contributed by atoms with Crippen molar-refractivity contribution in [3.8, 4) is 55.6 Å². The minimum absolute atomic E-state index is 0.895.